The van der Waals surface area contributed by atoms with Crippen LogP contribution in [0, 0.1) is 11.7 Å². The van der Waals surface area contributed by atoms with Gasteiger partial charge in [0.1, 0.15) is 5.82 Å². The topological polar surface area (TPSA) is 50.4 Å². The minimum absolute atomic E-state index is 0.0301. The minimum Gasteiger partial charge on any atom is -0.469 e. The monoisotopic (exact) mass is 238 g/mol. The maximum atomic E-state index is 12.8. The molecule has 1 saturated heterocycles. The molecule has 4 nitrogen and oxygen atoms in total. The zero-order chi connectivity index (χ0) is 12.4. The fourth-order valence-corrected chi connectivity index (χ4v) is 2.13. The third-order valence-electron chi connectivity index (χ3n) is 3.07. The van der Waals surface area contributed by atoms with Crippen molar-refractivity contribution in [1.82, 2.24) is 10.9 Å². The Morgan fingerprint density at radius 3 is 2.53 bits per heavy atom. The van der Waals surface area contributed by atoms with Crippen molar-refractivity contribution >= 4 is 5.97 Å². The molecule has 3 unspecified atom stereocenters. The predicted molar refractivity (Wildman–Crippen MR) is 60.4 cm³/mol. The van der Waals surface area contributed by atoms with Gasteiger partial charge in [0.2, 0.25) is 0 Å². The van der Waals surface area contributed by atoms with E-state index in [2.05, 4.69) is 10.9 Å². The van der Waals surface area contributed by atoms with Gasteiger partial charge in [-0.05, 0) is 24.6 Å². The Kier molecular flexibility index (Phi) is 3.40. The second-order valence-electron chi connectivity index (χ2n) is 4.16. The maximum absolute atomic E-state index is 12.8. The molecule has 3 atom stereocenters. The first-order chi connectivity index (χ1) is 8.13. The second-order valence-corrected chi connectivity index (χ2v) is 4.16. The summed E-state index contributed by atoms with van der Waals surface area (Å²) >= 11 is 0. The Balaban J connectivity index is 2.25. The van der Waals surface area contributed by atoms with Gasteiger partial charge in [0.25, 0.3) is 0 Å². The summed E-state index contributed by atoms with van der Waals surface area (Å²) in [6, 6.07) is 5.88. The van der Waals surface area contributed by atoms with E-state index in [0.717, 1.165) is 5.56 Å². The van der Waals surface area contributed by atoms with Gasteiger partial charge in [-0.25, -0.2) is 9.82 Å². The predicted octanol–water partition coefficient (Wildman–Crippen LogP) is 1.15. The number of rotatable bonds is 2. The number of halogens is 1. The molecule has 1 fully saturated rings. The highest BCUT2D eigenvalue weighted by molar-refractivity contribution is 5.74. The van der Waals surface area contributed by atoms with Crippen LogP contribution in [0.2, 0.25) is 0 Å². The first-order valence-corrected chi connectivity index (χ1v) is 5.48. The summed E-state index contributed by atoms with van der Waals surface area (Å²) < 4.78 is 17.6. The molecule has 0 bridgehead atoms. The minimum atomic E-state index is -0.314. The van der Waals surface area contributed by atoms with E-state index in [9.17, 15) is 9.18 Å². The number of hydrogen-bond acceptors (Lipinski definition) is 4. The van der Waals surface area contributed by atoms with E-state index < -0.39 is 0 Å². The molecule has 0 spiro atoms. The lowest BCUT2D eigenvalue weighted by Gasteiger charge is -2.18. The fraction of sp³-hybridized carbons (Fsp3) is 0.417. The number of carbonyl (C=O) groups is 1. The van der Waals surface area contributed by atoms with Gasteiger partial charge >= 0.3 is 5.97 Å². The van der Waals surface area contributed by atoms with Crippen molar-refractivity contribution in [3.05, 3.63) is 35.6 Å². The molecule has 5 heteroatoms. The highest BCUT2D eigenvalue weighted by Gasteiger charge is 2.40. The Morgan fingerprint density at radius 2 is 1.94 bits per heavy atom. The first kappa shape index (κ1) is 12.0. The van der Waals surface area contributed by atoms with Crippen LogP contribution >= 0.6 is 0 Å². The molecule has 1 aromatic rings. The van der Waals surface area contributed by atoms with E-state index in [0.29, 0.717) is 0 Å². The summed E-state index contributed by atoms with van der Waals surface area (Å²) in [5.41, 5.74) is 6.90. The summed E-state index contributed by atoms with van der Waals surface area (Å²) in [5, 5.41) is 0. The van der Waals surface area contributed by atoms with Crippen molar-refractivity contribution in [2.45, 2.75) is 19.0 Å². The molecule has 0 amide bonds. The molecule has 0 radical (unpaired) electrons. The van der Waals surface area contributed by atoms with Crippen molar-refractivity contribution in [2.24, 2.45) is 5.92 Å². The number of benzene rings is 1. The van der Waals surface area contributed by atoms with Crippen LogP contribution in [0.3, 0.4) is 0 Å². The number of methoxy groups -OCH3 is 1. The Morgan fingerprint density at radius 1 is 1.29 bits per heavy atom. The molecular weight excluding hydrogens is 223 g/mol. The quantitative estimate of drug-likeness (QED) is 0.759. The van der Waals surface area contributed by atoms with Crippen LogP contribution in [-0.4, -0.2) is 19.1 Å². The van der Waals surface area contributed by atoms with Gasteiger partial charge in [-0.15, -0.1) is 0 Å². The lowest BCUT2D eigenvalue weighted by molar-refractivity contribution is -0.146. The van der Waals surface area contributed by atoms with Crippen molar-refractivity contribution in [2.75, 3.05) is 7.11 Å². The van der Waals surface area contributed by atoms with Crippen LogP contribution in [0.25, 0.3) is 0 Å². The molecule has 17 heavy (non-hydrogen) atoms. The third kappa shape index (κ3) is 2.30. The molecule has 0 saturated carbocycles. The highest BCUT2D eigenvalue weighted by atomic mass is 19.1. The average Bonchev–Trinajstić information content (AvgIpc) is 2.71. The van der Waals surface area contributed by atoms with Gasteiger partial charge in [-0.1, -0.05) is 12.1 Å². The summed E-state index contributed by atoms with van der Waals surface area (Å²) in [4.78, 5) is 11.7. The molecule has 92 valence electrons. The Bertz CT molecular complexity index is 407. The summed E-state index contributed by atoms with van der Waals surface area (Å²) in [7, 11) is 1.37. The Hall–Kier alpha value is -1.46. The number of nitrogens with one attached hydrogen (secondary N) is 2. The van der Waals surface area contributed by atoms with Gasteiger partial charge in [0.15, 0.2) is 0 Å². The molecular formula is C12H15FN2O2. The van der Waals surface area contributed by atoms with Gasteiger partial charge < -0.3 is 4.74 Å². The molecule has 0 aliphatic carbocycles. The van der Waals surface area contributed by atoms with E-state index in [4.69, 9.17) is 4.74 Å². The van der Waals surface area contributed by atoms with Gasteiger partial charge in [-0.2, -0.15) is 0 Å². The standard InChI is InChI=1S/C12H15FN2O2/c1-7-10(12(16)17-2)11(15-14-7)8-3-5-9(13)6-4-8/h3-7,10-11,14-15H,1-2H3. The molecule has 1 aliphatic heterocycles. The first-order valence-electron chi connectivity index (χ1n) is 5.48. The van der Waals surface area contributed by atoms with Crippen molar-refractivity contribution in [3.63, 3.8) is 0 Å². The number of carbonyl (C=O) groups excluding carboxylic acids is 1. The van der Waals surface area contributed by atoms with Crippen LogP contribution < -0.4 is 10.9 Å². The highest BCUT2D eigenvalue weighted by Crippen LogP contribution is 2.29. The van der Waals surface area contributed by atoms with E-state index in [1.807, 2.05) is 6.92 Å². The lowest BCUT2D eigenvalue weighted by atomic mass is 9.90. The van der Waals surface area contributed by atoms with Crippen molar-refractivity contribution < 1.29 is 13.9 Å². The van der Waals surface area contributed by atoms with E-state index >= 15 is 0 Å². The summed E-state index contributed by atoms with van der Waals surface area (Å²) in [6.07, 6.45) is 0. The normalized spacial score (nSPS) is 28.1. The van der Waals surface area contributed by atoms with Crippen LogP contribution in [-0.2, 0) is 9.53 Å². The number of ether oxygens (including phenoxy) is 1. The van der Waals surface area contributed by atoms with Gasteiger partial charge in [-0.3, -0.25) is 10.2 Å². The van der Waals surface area contributed by atoms with Crippen molar-refractivity contribution in [3.8, 4) is 0 Å². The largest absolute Gasteiger partial charge is 0.469 e. The molecule has 2 rings (SSSR count). The molecule has 0 aromatic heterocycles. The lowest BCUT2D eigenvalue weighted by Crippen LogP contribution is -2.31. The van der Waals surface area contributed by atoms with Crippen molar-refractivity contribution in [1.29, 1.82) is 0 Å². The Labute approximate surface area is 99.1 Å². The van der Waals surface area contributed by atoms with Crippen LogP contribution in [0.15, 0.2) is 24.3 Å². The van der Waals surface area contributed by atoms with E-state index in [1.54, 1.807) is 12.1 Å². The summed E-state index contributed by atoms with van der Waals surface area (Å²) in [5.74, 6) is -0.878. The number of hydrogen-bond donors (Lipinski definition) is 2. The zero-order valence-corrected chi connectivity index (χ0v) is 9.74. The van der Waals surface area contributed by atoms with Gasteiger partial charge in [0, 0.05) is 6.04 Å². The number of hydrazine groups is 1. The van der Waals surface area contributed by atoms with Crippen LogP contribution in [0.1, 0.15) is 18.5 Å². The third-order valence-corrected chi connectivity index (χ3v) is 3.07. The van der Waals surface area contributed by atoms with Crippen LogP contribution in [0.5, 0.6) is 0 Å². The second kappa shape index (κ2) is 4.81. The molecule has 1 aromatic carbocycles. The molecule has 1 heterocycles. The average molecular weight is 238 g/mol. The maximum Gasteiger partial charge on any atom is 0.312 e. The number of esters is 1. The van der Waals surface area contributed by atoms with Crippen LogP contribution in [0.4, 0.5) is 4.39 Å². The fourth-order valence-electron chi connectivity index (χ4n) is 2.13. The summed E-state index contributed by atoms with van der Waals surface area (Å²) in [6.45, 7) is 1.90. The smallest absolute Gasteiger partial charge is 0.312 e. The van der Waals surface area contributed by atoms with E-state index in [-0.39, 0.29) is 29.8 Å². The van der Waals surface area contributed by atoms with Gasteiger partial charge in [0.05, 0.1) is 19.1 Å². The molecule has 1 aliphatic rings. The SMILES string of the molecule is COC(=O)C1C(C)NNC1c1ccc(F)cc1. The van der Waals surface area contributed by atoms with E-state index in [1.165, 1.54) is 19.2 Å². The zero-order valence-electron chi connectivity index (χ0n) is 9.74. The molecule has 2 N–H and O–H groups in total.